The van der Waals surface area contributed by atoms with E-state index < -0.39 is 0 Å². The monoisotopic (exact) mass is 435 g/mol. The van der Waals surface area contributed by atoms with Crippen LogP contribution in [-0.4, -0.2) is 44.3 Å². The number of carbonyl (C=O) groups excluding carboxylic acids is 1. The van der Waals surface area contributed by atoms with Crippen LogP contribution in [0.3, 0.4) is 0 Å². The molecule has 162 valence electrons. The second-order valence-corrected chi connectivity index (χ2v) is 7.69. The van der Waals surface area contributed by atoms with Gasteiger partial charge in [0.05, 0.1) is 5.69 Å². The number of halogens is 2. The van der Waals surface area contributed by atoms with Gasteiger partial charge in [0.2, 0.25) is 11.8 Å². The average Bonchev–Trinajstić information content (AvgIpc) is 3.50. The van der Waals surface area contributed by atoms with Crippen molar-refractivity contribution in [1.29, 1.82) is 0 Å². The van der Waals surface area contributed by atoms with Crippen molar-refractivity contribution in [2.75, 3.05) is 13.1 Å². The first-order chi connectivity index (χ1) is 15.6. The third-order valence-electron chi connectivity index (χ3n) is 5.61. The van der Waals surface area contributed by atoms with Crippen LogP contribution in [-0.2, 0) is 0 Å². The third kappa shape index (κ3) is 4.01. The van der Waals surface area contributed by atoms with Crippen LogP contribution in [0.25, 0.3) is 22.7 Å². The van der Waals surface area contributed by atoms with Gasteiger partial charge >= 0.3 is 0 Å². The maximum atomic E-state index is 13.1. The summed E-state index contributed by atoms with van der Waals surface area (Å²) in [6, 6.07) is 13.5. The predicted octanol–water partition coefficient (Wildman–Crippen LogP) is 4.42. The first-order valence-electron chi connectivity index (χ1n) is 10.3. The van der Waals surface area contributed by atoms with Crippen molar-refractivity contribution in [3.8, 4) is 22.7 Å². The van der Waals surface area contributed by atoms with E-state index >= 15 is 0 Å². The fourth-order valence-electron chi connectivity index (χ4n) is 3.81. The minimum Gasteiger partial charge on any atom is -0.420 e. The van der Waals surface area contributed by atoms with Crippen LogP contribution in [0, 0.1) is 11.6 Å². The molecule has 2 aromatic heterocycles. The standard InChI is InChI=1S/C23H19F2N5O2/c24-17-5-1-14(2-6-17)19-13-20(27-26-19)23(31)30-11-9-16(10-12-30)22-29-28-21(32-22)15-3-7-18(25)8-4-15/h1-8,13,16H,9-12H2,(H,26,27). The lowest BCUT2D eigenvalue weighted by molar-refractivity contribution is 0.0700. The third-order valence-corrected chi connectivity index (χ3v) is 5.61. The van der Waals surface area contributed by atoms with E-state index in [0.29, 0.717) is 54.7 Å². The number of hydrogen-bond acceptors (Lipinski definition) is 5. The fourth-order valence-corrected chi connectivity index (χ4v) is 3.81. The van der Waals surface area contributed by atoms with E-state index in [1.165, 1.54) is 24.3 Å². The molecular weight excluding hydrogens is 416 g/mol. The summed E-state index contributed by atoms with van der Waals surface area (Å²) in [6.07, 6.45) is 1.38. The Bertz CT molecular complexity index is 1230. The van der Waals surface area contributed by atoms with Crippen LogP contribution < -0.4 is 0 Å². The molecule has 0 unspecified atom stereocenters. The predicted molar refractivity (Wildman–Crippen MR) is 112 cm³/mol. The fraction of sp³-hybridized carbons (Fsp3) is 0.217. The second-order valence-electron chi connectivity index (χ2n) is 7.69. The minimum atomic E-state index is -0.326. The van der Waals surface area contributed by atoms with Crippen LogP contribution in [0.1, 0.15) is 35.1 Å². The number of amides is 1. The highest BCUT2D eigenvalue weighted by Crippen LogP contribution is 2.30. The van der Waals surface area contributed by atoms with Gasteiger partial charge in [-0.25, -0.2) is 8.78 Å². The van der Waals surface area contributed by atoms with E-state index in [0.717, 1.165) is 5.56 Å². The number of likely N-dealkylation sites (tertiary alicyclic amines) is 1. The van der Waals surface area contributed by atoms with E-state index in [1.807, 2.05) is 0 Å². The SMILES string of the molecule is O=C(c1cc(-c2ccc(F)cc2)n[nH]1)N1CCC(c2nnc(-c3ccc(F)cc3)o2)CC1. The number of carbonyl (C=O) groups is 1. The van der Waals surface area contributed by atoms with E-state index in [-0.39, 0.29) is 23.5 Å². The molecule has 1 aliphatic rings. The van der Waals surface area contributed by atoms with Gasteiger partial charge in [-0.3, -0.25) is 9.89 Å². The van der Waals surface area contributed by atoms with Crippen molar-refractivity contribution >= 4 is 5.91 Å². The number of aromatic nitrogens is 4. The zero-order chi connectivity index (χ0) is 22.1. The van der Waals surface area contributed by atoms with E-state index in [2.05, 4.69) is 20.4 Å². The summed E-state index contributed by atoms with van der Waals surface area (Å²) in [7, 11) is 0. The topological polar surface area (TPSA) is 87.9 Å². The molecule has 1 N–H and O–H groups in total. The molecule has 0 bridgehead atoms. The molecule has 9 heteroatoms. The second kappa shape index (κ2) is 8.33. The summed E-state index contributed by atoms with van der Waals surface area (Å²) in [5, 5.41) is 15.2. The number of hydrogen-bond donors (Lipinski definition) is 1. The normalized spacial score (nSPS) is 14.6. The number of benzene rings is 2. The van der Waals surface area contributed by atoms with E-state index in [9.17, 15) is 13.6 Å². The Kier molecular flexibility index (Phi) is 5.22. The summed E-state index contributed by atoms with van der Waals surface area (Å²) in [4.78, 5) is 14.6. The molecular formula is C23H19F2N5O2. The quantitative estimate of drug-likeness (QED) is 0.513. The van der Waals surface area contributed by atoms with Crippen LogP contribution >= 0.6 is 0 Å². The number of H-pyrrole nitrogens is 1. The van der Waals surface area contributed by atoms with E-state index in [4.69, 9.17) is 4.42 Å². The molecule has 0 atom stereocenters. The molecule has 0 spiro atoms. The van der Waals surface area contributed by atoms with Gasteiger partial charge in [-0.05, 0) is 67.4 Å². The Morgan fingerprint density at radius 2 is 1.56 bits per heavy atom. The van der Waals surface area contributed by atoms with Crippen LogP contribution in [0.2, 0.25) is 0 Å². The molecule has 7 nitrogen and oxygen atoms in total. The van der Waals surface area contributed by atoms with Gasteiger partial charge in [0.1, 0.15) is 17.3 Å². The molecule has 1 amide bonds. The Morgan fingerprint density at radius 3 is 2.22 bits per heavy atom. The molecule has 0 saturated carbocycles. The van der Waals surface area contributed by atoms with Gasteiger partial charge in [0, 0.05) is 30.1 Å². The molecule has 4 aromatic rings. The number of rotatable bonds is 4. The smallest absolute Gasteiger partial charge is 0.271 e. The van der Waals surface area contributed by atoms with Crippen molar-refractivity contribution < 1.29 is 18.0 Å². The van der Waals surface area contributed by atoms with Crippen molar-refractivity contribution in [2.45, 2.75) is 18.8 Å². The molecule has 0 radical (unpaired) electrons. The van der Waals surface area contributed by atoms with Gasteiger partial charge in [-0.2, -0.15) is 5.10 Å². The summed E-state index contributed by atoms with van der Waals surface area (Å²) < 4.78 is 32.0. The molecule has 5 rings (SSSR count). The number of piperidine rings is 1. The molecule has 1 aliphatic heterocycles. The maximum absolute atomic E-state index is 13.1. The van der Waals surface area contributed by atoms with Crippen LogP contribution in [0.15, 0.2) is 59.0 Å². The summed E-state index contributed by atoms with van der Waals surface area (Å²) in [6.45, 7) is 1.09. The first kappa shape index (κ1) is 20.0. The number of nitrogens with one attached hydrogen (secondary N) is 1. The zero-order valence-electron chi connectivity index (χ0n) is 17.0. The Labute approximate surface area is 182 Å². The van der Waals surface area contributed by atoms with E-state index in [1.54, 1.807) is 35.2 Å². The molecule has 2 aromatic carbocycles. The lowest BCUT2D eigenvalue weighted by atomic mass is 9.96. The summed E-state index contributed by atoms with van der Waals surface area (Å²) >= 11 is 0. The summed E-state index contributed by atoms with van der Waals surface area (Å²) in [5.74, 6) is 0.141. The highest BCUT2D eigenvalue weighted by Gasteiger charge is 2.28. The Morgan fingerprint density at radius 1 is 0.938 bits per heavy atom. The lowest BCUT2D eigenvalue weighted by Gasteiger charge is -2.30. The molecule has 0 aliphatic carbocycles. The first-order valence-corrected chi connectivity index (χ1v) is 10.3. The lowest BCUT2D eigenvalue weighted by Crippen LogP contribution is -2.38. The molecule has 1 saturated heterocycles. The Hall–Kier alpha value is -3.88. The Balaban J connectivity index is 1.22. The molecule has 32 heavy (non-hydrogen) atoms. The molecule has 3 heterocycles. The van der Waals surface area contributed by atoms with Crippen molar-refractivity contribution in [3.05, 3.63) is 77.8 Å². The highest BCUT2D eigenvalue weighted by molar-refractivity contribution is 5.93. The zero-order valence-corrected chi connectivity index (χ0v) is 17.0. The van der Waals surface area contributed by atoms with Gasteiger partial charge in [-0.1, -0.05) is 0 Å². The maximum Gasteiger partial charge on any atom is 0.271 e. The van der Waals surface area contributed by atoms with Gasteiger partial charge in [0.25, 0.3) is 5.91 Å². The van der Waals surface area contributed by atoms with Crippen LogP contribution in [0.5, 0.6) is 0 Å². The van der Waals surface area contributed by atoms with Gasteiger partial charge in [-0.15, -0.1) is 10.2 Å². The number of aromatic amines is 1. The minimum absolute atomic E-state index is 0.0530. The number of nitrogens with zero attached hydrogens (tertiary/aromatic N) is 4. The molecule has 1 fully saturated rings. The van der Waals surface area contributed by atoms with Crippen molar-refractivity contribution in [3.63, 3.8) is 0 Å². The van der Waals surface area contributed by atoms with Crippen molar-refractivity contribution in [1.82, 2.24) is 25.3 Å². The van der Waals surface area contributed by atoms with Gasteiger partial charge in [0.15, 0.2) is 0 Å². The van der Waals surface area contributed by atoms with Crippen LogP contribution in [0.4, 0.5) is 8.78 Å². The van der Waals surface area contributed by atoms with Gasteiger partial charge < -0.3 is 9.32 Å². The summed E-state index contributed by atoms with van der Waals surface area (Å²) in [5.41, 5.74) is 2.37. The average molecular weight is 435 g/mol. The highest BCUT2D eigenvalue weighted by atomic mass is 19.1. The largest absolute Gasteiger partial charge is 0.420 e. The van der Waals surface area contributed by atoms with Crippen molar-refractivity contribution in [2.24, 2.45) is 0 Å².